The van der Waals surface area contributed by atoms with E-state index in [4.69, 9.17) is 15.6 Å². The molecule has 4 heterocycles. The van der Waals surface area contributed by atoms with Gasteiger partial charge in [0, 0.05) is 31.3 Å². The molecular formula is C31H31FN8O2. The number of nitriles is 1. The second-order valence-corrected chi connectivity index (χ2v) is 10.7. The van der Waals surface area contributed by atoms with Gasteiger partial charge in [-0.15, -0.1) is 0 Å². The maximum atomic E-state index is 15.5. The lowest BCUT2D eigenvalue weighted by Crippen LogP contribution is -2.41. The average molecular weight is 567 g/mol. The standard InChI is InChI=1S/C31H31FN8O2/c32-26-15-24(42-23-8-2-1-3-9-23)10-11-25(26)28-27-29(34)36-19-37-30(27)40(38-28)22-7-5-13-39(18-22)31(41)21(16-33)14-20-6-4-12-35-17-20/h1-3,8-11,14-15,19-20,22,35H,4-7,12-13,17-18H2,(H2,34,36,37)/t20?,22-/m0/s1. The van der Waals surface area contributed by atoms with E-state index in [2.05, 4.69) is 21.4 Å². The summed E-state index contributed by atoms with van der Waals surface area (Å²) in [5.41, 5.74) is 7.46. The summed E-state index contributed by atoms with van der Waals surface area (Å²) in [5.74, 6) is 0.484. The number of likely N-dealkylation sites (tertiary alicyclic amines) is 1. The number of nitrogen functional groups attached to an aromatic ring is 1. The minimum absolute atomic E-state index is 0.162. The van der Waals surface area contributed by atoms with Crippen molar-refractivity contribution < 1.29 is 13.9 Å². The van der Waals surface area contributed by atoms with Gasteiger partial charge in [-0.1, -0.05) is 24.3 Å². The van der Waals surface area contributed by atoms with Gasteiger partial charge >= 0.3 is 0 Å². The molecular weight excluding hydrogens is 535 g/mol. The first-order chi connectivity index (χ1) is 20.5. The number of hydrogen-bond acceptors (Lipinski definition) is 8. The Morgan fingerprint density at radius 2 is 2.00 bits per heavy atom. The summed E-state index contributed by atoms with van der Waals surface area (Å²) in [5, 5.41) is 18.4. The third-order valence-corrected chi connectivity index (χ3v) is 7.81. The van der Waals surface area contributed by atoms with Gasteiger partial charge in [-0.05, 0) is 62.4 Å². The summed E-state index contributed by atoms with van der Waals surface area (Å²) >= 11 is 0. The number of nitrogens with two attached hydrogens (primary N) is 1. The molecule has 1 amide bonds. The summed E-state index contributed by atoms with van der Waals surface area (Å²) in [6, 6.07) is 15.6. The fourth-order valence-corrected chi connectivity index (χ4v) is 5.74. The second-order valence-electron chi connectivity index (χ2n) is 10.7. The Bertz CT molecular complexity index is 1670. The van der Waals surface area contributed by atoms with Crippen molar-refractivity contribution in [1.29, 1.82) is 5.26 Å². The Morgan fingerprint density at radius 1 is 1.14 bits per heavy atom. The van der Waals surface area contributed by atoms with Crippen LogP contribution in [0.5, 0.6) is 11.5 Å². The number of piperidine rings is 2. The van der Waals surface area contributed by atoms with Crippen molar-refractivity contribution in [1.82, 2.24) is 30.0 Å². The van der Waals surface area contributed by atoms with Crippen molar-refractivity contribution in [3.8, 4) is 28.8 Å². The van der Waals surface area contributed by atoms with Gasteiger partial charge in [0.2, 0.25) is 0 Å². The molecule has 10 nitrogen and oxygen atoms in total. The molecule has 4 aromatic rings. The molecule has 214 valence electrons. The SMILES string of the molecule is N#CC(=CC1CCCNC1)C(=O)N1CCC[C@H](n2nc(-c3ccc(Oc4ccccc4)cc3F)c3c(N)ncnc32)C1. The fourth-order valence-electron chi connectivity index (χ4n) is 5.74. The first kappa shape index (κ1) is 27.4. The Kier molecular flexibility index (Phi) is 7.79. The predicted octanol–water partition coefficient (Wildman–Crippen LogP) is 4.62. The van der Waals surface area contributed by atoms with Crippen molar-refractivity contribution in [2.24, 2.45) is 5.92 Å². The van der Waals surface area contributed by atoms with Crippen LogP contribution < -0.4 is 15.8 Å². The van der Waals surface area contributed by atoms with Crippen LogP contribution in [-0.2, 0) is 4.79 Å². The number of hydrogen-bond donors (Lipinski definition) is 2. The van der Waals surface area contributed by atoms with E-state index in [1.165, 1.54) is 12.4 Å². The topological polar surface area (TPSA) is 135 Å². The molecule has 2 saturated heterocycles. The summed E-state index contributed by atoms with van der Waals surface area (Å²) in [6.45, 7) is 2.60. The number of ether oxygens (including phenoxy) is 1. The lowest BCUT2D eigenvalue weighted by molar-refractivity contribution is -0.128. The number of amides is 1. The molecule has 2 aromatic carbocycles. The minimum Gasteiger partial charge on any atom is -0.457 e. The largest absolute Gasteiger partial charge is 0.457 e. The highest BCUT2D eigenvalue weighted by Gasteiger charge is 2.31. The van der Waals surface area contributed by atoms with Gasteiger partial charge in [0.05, 0.1) is 11.4 Å². The van der Waals surface area contributed by atoms with E-state index in [9.17, 15) is 10.1 Å². The van der Waals surface area contributed by atoms with Crippen LogP contribution in [0.2, 0.25) is 0 Å². The fraction of sp³-hybridized carbons (Fsp3) is 0.323. The molecule has 0 saturated carbocycles. The highest BCUT2D eigenvalue weighted by molar-refractivity contribution is 5.99. The van der Waals surface area contributed by atoms with E-state index in [0.717, 1.165) is 38.8 Å². The van der Waals surface area contributed by atoms with Gasteiger partial charge in [-0.25, -0.2) is 19.0 Å². The zero-order valence-electron chi connectivity index (χ0n) is 23.0. The summed E-state index contributed by atoms with van der Waals surface area (Å²) < 4.78 is 23.0. The highest BCUT2D eigenvalue weighted by Crippen LogP contribution is 2.36. The van der Waals surface area contributed by atoms with Crippen LogP contribution in [-0.4, -0.2) is 56.7 Å². The highest BCUT2D eigenvalue weighted by atomic mass is 19.1. The van der Waals surface area contributed by atoms with Crippen molar-refractivity contribution >= 4 is 22.8 Å². The molecule has 6 rings (SSSR count). The Balaban J connectivity index is 1.29. The molecule has 2 aromatic heterocycles. The normalized spacial score (nSPS) is 19.4. The molecule has 3 N–H and O–H groups in total. The molecule has 2 aliphatic heterocycles. The summed E-state index contributed by atoms with van der Waals surface area (Å²) in [4.78, 5) is 23.7. The number of rotatable bonds is 6. The van der Waals surface area contributed by atoms with Crippen LogP contribution in [0, 0.1) is 23.1 Å². The van der Waals surface area contributed by atoms with E-state index in [1.54, 1.807) is 39.9 Å². The molecule has 11 heteroatoms. The molecule has 0 radical (unpaired) electrons. The van der Waals surface area contributed by atoms with Crippen molar-refractivity contribution in [2.45, 2.75) is 31.7 Å². The first-order valence-corrected chi connectivity index (χ1v) is 14.1. The molecule has 0 bridgehead atoms. The van der Waals surface area contributed by atoms with E-state index in [0.29, 0.717) is 41.3 Å². The minimum atomic E-state index is -0.528. The quantitative estimate of drug-likeness (QED) is 0.255. The summed E-state index contributed by atoms with van der Waals surface area (Å²) in [6.07, 6.45) is 6.58. The zero-order valence-corrected chi connectivity index (χ0v) is 23.0. The van der Waals surface area contributed by atoms with E-state index >= 15 is 4.39 Å². The van der Waals surface area contributed by atoms with Crippen LogP contribution >= 0.6 is 0 Å². The second kappa shape index (κ2) is 12.0. The molecule has 1 unspecified atom stereocenters. The number of benzene rings is 2. The van der Waals surface area contributed by atoms with E-state index < -0.39 is 5.82 Å². The monoisotopic (exact) mass is 566 g/mol. The maximum absolute atomic E-state index is 15.5. The molecule has 2 aliphatic rings. The van der Waals surface area contributed by atoms with Gasteiger partial charge in [0.1, 0.15) is 46.8 Å². The number of nitrogens with zero attached hydrogens (tertiary/aromatic N) is 6. The van der Waals surface area contributed by atoms with Crippen LogP contribution in [0.3, 0.4) is 0 Å². The zero-order chi connectivity index (χ0) is 29.1. The van der Waals surface area contributed by atoms with Gasteiger partial charge in [0.25, 0.3) is 5.91 Å². The first-order valence-electron chi connectivity index (χ1n) is 14.1. The van der Waals surface area contributed by atoms with Gasteiger partial charge in [-0.3, -0.25) is 4.79 Å². The smallest absolute Gasteiger partial charge is 0.264 e. The number of para-hydroxylation sites is 1. The average Bonchev–Trinajstić information content (AvgIpc) is 3.41. The van der Waals surface area contributed by atoms with Crippen LogP contribution in [0.1, 0.15) is 31.7 Å². The third-order valence-electron chi connectivity index (χ3n) is 7.81. The number of anilines is 1. The van der Waals surface area contributed by atoms with Crippen molar-refractivity contribution in [2.75, 3.05) is 31.9 Å². The number of halogens is 1. The van der Waals surface area contributed by atoms with Crippen molar-refractivity contribution in [3.63, 3.8) is 0 Å². The molecule has 42 heavy (non-hydrogen) atoms. The van der Waals surface area contributed by atoms with Crippen LogP contribution in [0.15, 0.2) is 66.5 Å². The summed E-state index contributed by atoms with van der Waals surface area (Å²) in [7, 11) is 0. The van der Waals surface area contributed by atoms with Gasteiger partial charge in [0.15, 0.2) is 5.65 Å². The van der Waals surface area contributed by atoms with Crippen LogP contribution in [0.4, 0.5) is 10.2 Å². The Morgan fingerprint density at radius 3 is 2.76 bits per heavy atom. The lowest BCUT2D eigenvalue weighted by atomic mass is 9.96. The third kappa shape index (κ3) is 5.53. The van der Waals surface area contributed by atoms with Gasteiger partial charge < -0.3 is 20.7 Å². The van der Waals surface area contributed by atoms with Crippen molar-refractivity contribution in [3.05, 3.63) is 72.3 Å². The molecule has 2 atom stereocenters. The molecule has 0 spiro atoms. The van der Waals surface area contributed by atoms with E-state index in [1.807, 2.05) is 18.2 Å². The molecule has 0 aliphatic carbocycles. The predicted molar refractivity (Wildman–Crippen MR) is 156 cm³/mol. The number of nitrogens with one attached hydrogen (secondary N) is 1. The van der Waals surface area contributed by atoms with Crippen LogP contribution in [0.25, 0.3) is 22.3 Å². The maximum Gasteiger partial charge on any atom is 0.264 e. The van der Waals surface area contributed by atoms with Gasteiger partial charge in [-0.2, -0.15) is 10.4 Å². The van der Waals surface area contributed by atoms with E-state index in [-0.39, 0.29) is 34.8 Å². The Hall–Kier alpha value is -4.82. The lowest BCUT2D eigenvalue weighted by Gasteiger charge is -2.33. The number of aromatic nitrogens is 4. The molecule has 2 fully saturated rings. The number of fused-ring (bicyclic) bond motifs is 1. The number of carbonyl (C=O) groups is 1. The Labute approximate surface area is 242 Å². The number of carbonyl (C=O) groups excluding carboxylic acids is 1.